The van der Waals surface area contributed by atoms with Gasteiger partial charge in [0, 0.05) is 31.1 Å². The van der Waals surface area contributed by atoms with E-state index in [2.05, 4.69) is 17.2 Å². The number of benzene rings is 1. The van der Waals surface area contributed by atoms with Gasteiger partial charge in [-0.15, -0.1) is 0 Å². The van der Waals surface area contributed by atoms with Gasteiger partial charge in [-0.1, -0.05) is 17.9 Å². The number of carbonyl (C=O) groups excluding carboxylic acids is 2. The van der Waals surface area contributed by atoms with Crippen molar-refractivity contribution in [3.8, 4) is 11.8 Å². The Morgan fingerprint density at radius 1 is 1.38 bits per heavy atom. The van der Waals surface area contributed by atoms with Crippen molar-refractivity contribution in [2.24, 2.45) is 0 Å². The van der Waals surface area contributed by atoms with Gasteiger partial charge in [-0.3, -0.25) is 9.59 Å². The summed E-state index contributed by atoms with van der Waals surface area (Å²) in [6.45, 7) is 2.46. The second kappa shape index (κ2) is 8.77. The summed E-state index contributed by atoms with van der Waals surface area (Å²) in [6.07, 6.45) is 0.397. The molecule has 1 rings (SSSR count). The lowest BCUT2D eigenvalue weighted by molar-refractivity contribution is -0.128. The van der Waals surface area contributed by atoms with Gasteiger partial charge in [0.2, 0.25) is 5.91 Å². The predicted octanol–water partition coefficient (Wildman–Crippen LogP) is 0.629. The fourth-order valence-electron chi connectivity index (χ4n) is 1.53. The van der Waals surface area contributed by atoms with Crippen LogP contribution in [-0.4, -0.2) is 48.6 Å². The molecule has 0 fully saturated rings. The molecule has 5 heteroatoms. The highest BCUT2D eigenvalue weighted by Gasteiger charge is 2.10. The fraction of sp³-hybridized carbons (Fsp3) is 0.375. The summed E-state index contributed by atoms with van der Waals surface area (Å²) in [6, 6.07) is 6.85. The van der Waals surface area contributed by atoms with Crippen LogP contribution in [0.1, 0.15) is 29.3 Å². The molecule has 112 valence electrons. The highest BCUT2D eigenvalue weighted by molar-refractivity contribution is 5.96. The first-order valence-electron chi connectivity index (χ1n) is 6.80. The van der Waals surface area contributed by atoms with E-state index in [9.17, 15) is 9.59 Å². The summed E-state index contributed by atoms with van der Waals surface area (Å²) >= 11 is 0. The topological polar surface area (TPSA) is 69.6 Å². The monoisotopic (exact) mass is 288 g/mol. The van der Waals surface area contributed by atoms with Crippen molar-refractivity contribution in [3.05, 3.63) is 35.4 Å². The third-order valence-corrected chi connectivity index (χ3v) is 2.89. The summed E-state index contributed by atoms with van der Waals surface area (Å²) in [7, 11) is 1.69. The van der Waals surface area contributed by atoms with Crippen molar-refractivity contribution < 1.29 is 14.7 Å². The minimum absolute atomic E-state index is 0.0141. The Morgan fingerprint density at radius 2 is 2.14 bits per heavy atom. The second-order valence-corrected chi connectivity index (χ2v) is 4.45. The Labute approximate surface area is 125 Å². The smallest absolute Gasteiger partial charge is 0.251 e. The summed E-state index contributed by atoms with van der Waals surface area (Å²) in [5.74, 6) is 5.22. The van der Waals surface area contributed by atoms with Crippen molar-refractivity contribution in [2.75, 3.05) is 26.7 Å². The first-order valence-corrected chi connectivity index (χ1v) is 6.80. The zero-order chi connectivity index (χ0) is 15.7. The molecule has 2 N–H and O–H groups in total. The van der Waals surface area contributed by atoms with E-state index in [1.807, 2.05) is 6.92 Å². The molecule has 0 spiro atoms. The molecule has 0 aliphatic heterocycles. The molecular weight excluding hydrogens is 268 g/mol. The van der Waals surface area contributed by atoms with E-state index in [0.29, 0.717) is 24.1 Å². The van der Waals surface area contributed by atoms with Crippen molar-refractivity contribution in [1.29, 1.82) is 0 Å². The molecule has 0 unspecified atom stereocenters. The Balaban J connectivity index is 2.65. The SMILES string of the molecule is CCN(C)C(=O)CNC(=O)c1cccc(C#CCCO)c1. The van der Waals surface area contributed by atoms with E-state index in [4.69, 9.17) is 5.11 Å². The Bertz CT molecular complexity index is 558. The lowest BCUT2D eigenvalue weighted by Crippen LogP contribution is -2.37. The first-order chi connectivity index (χ1) is 10.1. The van der Waals surface area contributed by atoms with Crippen LogP contribution in [0.4, 0.5) is 0 Å². The number of carbonyl (C=O) groups is 2. The normalized spacial score (nSPS) is 9.48. The van der Waals surface area contributed by atoms with Crippen molar-refractivity contribution >= 4 is 11.8 Å². The maximum atomic E-state index is 12.0. The zero-order valence-corrected chi connectivity index (χ0v) is 12.3. The Hall–Kier alpha value is -2.32. The molecule has 21 heavy (non-hydrogen) atoms. The average molecular weight is 288 g/mol. The summed E-state index contributed by atoms with van der Waals surface area (Å²) < 4.78 is 0. The van der Waals surface area contributed by atoms with E-state index in [1.165, 1.54) is 4.90 Å². The molecular formula is C16H20N2O3. The molecule has 0 aromatic heterocycles. The highest BCUT2D eigenvalue weighted by Crippen LogP contribution is 2.04. The Morgan fingerprint density at radius 3 is 2.81 bits per heavy atom. The Kier molecular flexibility index (Phi) is 6.99. The number of amides is 2. The minimum Gasteiger partial charge on any atom is -0.395 e. The van der Waals surface area contributed by atoms with Crippen molar-refractivity contribution in [3.63, 3.8) is 0 Å². The maximum absolute atomic E-state index is 12.0. The summed E-state index contributed by atoms with van der Waals surface area (Å²) in [5, 5.41) is 11.3. The number of nitrogens with one attached hydrogen (secondary N) is 1. The van der Waals surface area contributed by atoms with Gasteiger partial charge in [0.1, 0.15) is 0 Å². The molecule has 0 radical (unpaired) electrons. The fourth-order valence-corrected chi connectivity index (χ4v) is 1.53. The number of likely N-dealkylation sites (N-methyl/N-ethyl adjacent to an activating group) is 1. The predicted molar refractivity (Wildman–Crippen MR) is 80.7 cm³/mol. The first kappa shape index (κ1) is 16.7. The van der Waals surface area contributed by atoms with E-state index in [0.717, 1.165) is 0 Å². The molecule has 0 saturated carbocycles. The molecule has 0 aliphatic rings. The van der Waals surface area contributed by atoms with E-state index < -0.39 is 0 Å². The van der Waals surface area contributed by atoms with Crippen molar-refractivity contribution in [2.45, 2.75) is 13.3 Å². The second-order valence-electron chi connectivity index (χ2n) is 4.45. The van der Waals surface area contributed by atoms with E-state index in [1.54, 1.807) is 31.3 Å². The van der Waals surface area contributed by atoms with Gasteiger partial charge in [0.25, 0.3) is 5.91 Å². The van der Waals surface area contributed by atoms with Gasteiger partial charge in [-0.25, -0.2) is 0 Å². The largest absolute Gasteiger partial charge is 0.395 e. The zero-order valence-electron chi connectivity index (χ0n) is 12.3. The molecule has 1 aromatic carbocycles. The van der Waals surface area contributed by atoms with Gasteiger partial charge in [0.15, 0.2) is 0 Å². The molecule has 0 bridgehead atoms. The van der Waals surface area contributed by atoms with Gasteiger partial charge in [-0.2, -0.15) is 0 Å². The number of hydrogen-bond acceptors (Lipinski definition) is 3. The molecule has 0 heterocycles. The van der Waals surface area contributed by atoms with Crippen LogP contribution < -0.4 is 5.32 Å². The number of hydrogen-bond donors (Lipinski definition) is 2. The third-order valence-electron chi connectivity index (χ3n) is 2.89. The van der Waals surface area contributed by atoms with E-state index >= 15 is 0 Å². The lowest BCUT2D eigenvalue weighted by Gasteiger charge is -2.14. The van der Waals surface area contributed by atoms with Crippen LogP contribution in [-0.2, 0) is 4.79 Å². The minimum atomic E-state index is -0.307. The third kappa shape index (κ3) is 5.67. The van der Waals surface area contributed by atoms with Crippen LogP contribution >= 0.6 is 0 Å². The summed E-state index contributed by atoms with van der Waals surface area (Å²) in [4.78, 5) is 25.1. The highest BCUT2D eigenvalue weighted by atomic mass is 16.2. The molecule has 0 saturated heterocycles. The number of aliphatic hydroxyl groups excluding tert-OH is 1. The maximum Gasteiger partial charge on any atom is 0.251 e. The number of aliphatic hydroxyl groups is 1. The molecule has 0 aliphatic carbocycles. The van der Waals surface area contributed by atoms with Crippen LogP contribution in [0, 0.1) is 11.8 Å². The number of rotatable bonds is 5. The standard InChI is InChI=1S/C16H20N2O3/c1-3-18(2)15(20)12-17-16(21)14-9-6-8-13(11-14)7-4-5-10-19/h6,8-9,11,19H,3,5,10,12H2,1-2H3,(H,17,21). The lowest BCUT2D eigenvalue weighted by atomic mass is 10.1. The van der Waals surface area contributed by atoms with Crippen LogP contribution in [0.3, 0.4) is 0 Å². The van der Waals surface area contributed by atoms with Gasteiger partial charge >= 0.3 is 0 Å². The van der Waals surface area contributed by atoms with Gasteiger partial charge < -0.3 is 15.3 Å². The van der Waals surface area contributed by atoms with Gasteiger partial charge in [0.05, 0.1) is 13.2 Å². The van der Waals surface area contributed by atoms with Crippen LogP contribution in [0.5, 0.6) is 0 Å². The molecule has 0 atom stereocenters. The number of nitrogens with zero attached hydrogens (tertiary/aromatic N) is 1. The molecule has 1 aromatic rings. The van der Waals surface area contributed by atoms with E-state index in [-0.39, 0.29) is 25.0 Å². The van der Waals surface area contributed by atoms with Crippen LogP contribution in [0.25, 0.3) is 0 Å². The van der Waals surface area contributed by atoms with Gasteiger partial charge in [-0.05, 0) is 25.1 Å². The molecule has 2 amide bonds. The molecule has 5 nitrogen and oxygen atoms in total. The summed E-state index contributed by atoms with van der Waals surface area (Å²) in [5.41, 5.74) is 1.16. The van der Waals surface area contributed by atoms with Crippen LogP contribution in [0.2, 0.25) is 0 Å². The van der Waals surface area contributed by atoms with Crippen molar-refractivity contribution in [1.82, 2.24) is 10.2 Å². The van der Waals surface area contributed by atoms with Crippen LogP contribution in [0.15, 0.2) is 24.3 Å². The average Bonchev–Trinajstić information content (AvgIpc) is 2.52. The quantitative estimate of drug-likeness (QED) is 0.781.